The lowest BCUT2D eigenvalue weighted by atomic mass is 9.82. The van der Waals surface area contributed by atoms with Crippen molar-refractivity contribution in [1.29, 1.82) is 0 Å². The number of benzene rings is 2. The van der Waals surface area contributed by atoms with Crippen LogP contribution in [0.1, 0.15) is 30.9 Å². The molecule has 9 heteroatoms. The second-order valence-electron chi connectivity index (χ2n) is 7.27. The highest BCUT2D eigenvalue weighted by Gasteiger charge is 2.44. The number of alkyl halides is 2. The third-order valence-corrected chi connectivity index (χ3v) is 5.47. The summed E-state index contributed by atoms with van der Waals surface area (Å²) in [4.78, 5) is 25.3. The maximum Gasteiger partial charge on any atom is 0.387 e. The first-order valence-electron chi connectivity index (χ1n) is 9.86. The van der Waals surface area contributed by atoms with Crippen molar-refractivity contribution in [3.63, 3.8) is 0 Å². The van der Waals surface area contributed by atoms with Crippen molar-refractivity contribution in [3.05, 3.63) is 98.5 Å². The Hall–Kier alpha value is -3.75. The van der Waals surface area contributed by atoms with E-state index in [2.05, 4.69) is 4.74 Å². The van der Waals surface area contributed by atoms with Crippen LogP contribution < -0.4 is 4.74 Å². The van der Waals surface area contributed by atoms with E-state index in [4.69, 9.17) is 0 Å². The van der Waals surface area contributed by atoms with E-state index in [0.29, 0.717) is 18.7 Å². The molecule has 0 bridgehead atoms. The van der Waals surface area contributed by atoms with E-state index in [1.165, 1.54) is 31.2 Å². The summed E-state index contributed by atoms with van der Waals surface area (Å²) in [6.07, 6.45) is 0.531. The summed E-state index contributed by atoms with van der Waals surface area (Å²) in [6, 6.07) is 15.0. The Kier molecular flexibility index (Phi) is 6.87. The number of carboxylic acid groups (broad SMARTS) is 1. The van der Waals surface area contributed by atoms with Crippen LogP contribution in [0.2, 0.25) is 0 Å². The Labute approximate surface area is 183 Å². The van der Waals surface area contributed by atoms with Gasteiger partial charge in [-0.25, -0.2) is 4.79 Å². The van der Waals surface area contributed by atoms with Crippen LogP contribution in [0.25, 0.3) is 0 Å². The van der Waals surface area contributed by atoms with Gasteiger partial charge in [-0.05, 0) is 31.9 Å². The van der Waals surface area contributed by atoms with E-state index >= 15 is 0 Å². The van der Waals surface area contributed by atoms with Gasteiger partial charge in [0.15, 0.2) is 0 Å². The first-order chi connectivity index (χ1) is 15.2. The standard InChI is InChI=1S/C23H22F2N2O5/c1-14-19(22(28)29)20(17-10-6-7-11-18(17)32-23(24)25)21(27(30)31)15(2)26(14)13-12-16-8-4-3-5-9-16/h3-11,20,23H,12-13H2,1-2H3,(H,28,29). The molecule has 1 atom stereocenters. The highest BCUT2D eigenvalue weighted by atomic mass is 19.3. The Morgan fingerprint density at radius 1 is 1.12 bits per heavy atom. The van der Waals surface area contributed by atoms with E-state index in [0.717, 1.165) is 5.56 Å². The fourth-order valence-corrected chi connectivity index (χ4v) is 4.05. The van der Waals surface area contributed by atoms with Crippen molar-refractivity contribution in [1.82, 2.24) is 4.90 Å². The predicted octanol–water partition coefficient (Wildman–Crippen LogP) is 4.80. The third kappa shape index (κ3) is 4.61. The molecule has 7 nitrogen and oxygen atoms in total. The molecule has 0 radical (unpaired) electrons. The van der Waals surface area contributed by atoms with Gasteiger partial charge in [-0.2, -0.15) is 8.78 Å². The van der Waals surface area contributed by atoms with Gasteiger partial charge in [0.1, 0.15) is 11.7 Å². The van der Waals surface area contributed by atoms with Gasteiger partial charge in [0.05, 0.1) is 16.2 Å². The van der Waals surface area contributed by atoms with Crippen molar-refractivity contribution in [3.8, 4) is 5.75 Å². The Bertz CT molecular complexity index is 1040. The maximum absolute atomic E-state index is 13.0. The Morgan fingerprint density at radius 3 is 2.34 bits per heavy atom. The number of carbonyl (C=O) groups is 1. The second-order valence-corrected chi connectivity index (χ2v) is 7.27. The number of aliphatic carboxylic acids is 1. The van der Waals surface area contributed by atoms with Gasteiger partial charge in [-0.1, -0.05) is 48.5 Å². The lowest BCUT2D eigenvalue weighted by molar-refractivity contribution is -0.431. The average molecular weight is 444 g/mol. The molecule has 1 aliphatic heterocycles. The molecule has 1 N–H and O–H groups in total. The quantitative estimate of drug-likeness (QED) is 0.465. The summed E-state index contributed by atoms with van der Waals surface area (Å²) in [5, 5.41) is 22.1. The first kappa shape index (κ1) is 22.9. The molecular weight excluding hydrogens is 422 g/mol. The number of nitro groups is 1. The number of ether oxygens (including phenoxy) is 1. The summed E-state index contributed by atoms with van der Waals surface area (Å²) in [6.45, 7) is 0.259. The number of carboxylic acids is 1. The molecule has 0 spiro atoms. The van der Waals surface area contributed by atoms with Crippen molar-refractivity contribution < 1.29 is 28.3 Å². The van der Waals surface area contributed by atoms with Crippen molar-refractivity contribution in [2.24, 2.45) is 0 Å². The number of allylic oxidation sites excluding steroid dienone is 3. The van der Waals surface area contributed by atoms with E-state index in [1.807, 2.05) is 30.3 Å². The fraction of sp³-hybridized carbons (Fsp3) is 0.261. The highest BCUT2D eigenvalue weighted by Crippen LogP contribution is 2.45. The molecule has 1 unspecified atom stereocenters. The molecule has 1 aliphatic rings. The molecule has 0 aromatic heterocycles. The monoisotopic (exact) mass is 444 g/mol. The van der Waals surface area contributed by atoms with Crippen molar-refractivity contribution in [2.45, 2.75) is 32.8 Å². The van der Waals surface area contributed by atoms with Crippen LogP contribution in [0.4, 0.5) is 8.78 Å². The minimum atomic E-state index is -3.16. The molecule has 0 fully saturated rings. The summed E-state index contributed by atoms with van der Waals surface area (Å²) in [5.41, 5.74) is 0.925. The van der Waals surface area contributed by atoms with Crippen LogP contribution in [0.3, 0.4) is 0 Å². The molecule has 2 aromatic carbocycles. The predicted molar refractivity (Wildman–Crippen MR) is 113 cm³/mol. The Balaban J connectivity index is 2.13. The lowest BCUT2D eigenvalue weighted by Gasteiger charge is -2.34. The SMILES string of the molecule is CC1=C(C(=O)O)C(c2ccccc2OC(F)F)C([N+](=O)[O-])=C(C)N1CCc1ccccc1. The molecule has 168 valence electrons. The zero-order valence-electron chi connectivity index (χ0n) is 17.5. The van der Waals surface area contributed by atoms with E-state index in [-0.39, 0.29) is 28.3 Å². The van der Waals surface area contributed by atoms with E-state index < -0.39 is 23.4 Å². The molecule has 3 rings (SSSR count). The van der Waals surface area contributed by atoms with Gasteiger partial charge in [0.2, 0.25) is 0 Å². The summed E-state index contributed by atoms with van der Waals surface area (Å²) in [7, 11) is 0. The van der Waals surface area contributed by atoms with Crippen LogP contribution in [0.15, 0.2) is 77.3 Å². The lowest BCUT2D eigenvalue weighted by Crippen LogP contribution is -2.35. The van der Waals surface area contributed by atoms with Crippen molar-refractivity contribution >= 4 is 5.97 Å². The van der Waals surface area contributed by atoms with Crippen LogP contribution in [-0.4, -0.2) is 34.1 Å². The molecule has 0 aliphatic carbocycles. The Morgan fingerprint density at radius 2 is 1.75 bits per heavy atom. The van der Waals surface area contributed by atoms with Crippen LogP contribution in [-0.2, 0) is 11.2 Å². The molecule has 1 heterocycles. The molecule has 0 saturated heterocycles. The van der Waals surface area contributed by atoms with Crippen LogP contribution >= 0.6 is 0 Å². The number of rotatable bonds is 8. The zero-order chi connectivity index (χ0) is 23.4. The fourth-order valence-electron chi connectivity index (χ4n) is 4.05. The normalized spacial score (nSPS) is 16.5. The number of para-hydroxylation sites is 1. The maximum atomic E-state index is 13.0. The minimum absolute atomic E-state index is 0.00157. The molecule has 0 saturated carbocycles. The first-order valence-corrected chi connectivity index (χ1v) is 9.86. The topological polar surface area (TPSA) is 92.9 Å². The van der Waals surface area contributed by atoms with Gasteiger partial charge in [0.25, 0.3) is 5.70 Å². The van der Waals surface area contributed by atoms with Gasteiger partial charge < -0.3 is 14.7 Å². The number of hydrogen-bond donors (Lipinski definition) is 1. The molecule has 2 aromatic rings. The number of hydrogen-bond acceptors (Lipinski definition) is 5. The average Bonchev–Trinajstić information content (AvgIpc) is 2.73. The second kappa shape index (κ2) is 9.59. The number of halogens is 2. The van der Waals surface area contributed by atoms with Crippen LogP contribution in [0.5, 0.6) is 5.75 Å². The minimum Gasteiger partial charge on any atom is -0.478 e. The van der Waals surface area contributed by atoms with Gasteiger partial charge in [0, 0.05) is 17.8 Å². The summed E-state index contributed by atoms with van der Waals surface area (Å²) in [5.74, 6) is -3.04. The highest BCUT2D eigenvalue weighted by molar-refractivity contribution is 5.91. The van der Waals surface area contributed by atoms with Crippen molar-refractivity contribution in [2.75, 3.05) is 6.54 Å². The van der Waals surface area contributed by atoms with Gasteiger partial charge in [-0.15, -0.1) is 0 Å². The van der Waals surface area contributed by atoms with E-state index in [9.17, 15) is 28.8 Å². The molecule has 32 heavy (non-hydrogen) atoms. The smallest absolute Gasteiger partial charge is 0.387 e. The molecular formula is C23H22F2N2O5. The van der Waals surface area contributed by atoms with E-state index in [1.54, 1.807) is 11.8 Å². The number of nitrogens with zero attached hydrogens (tertiary/aromatic N) is 2. The van der Waals surface area contributed by atoms with Gasteiger partial charge >= 0.3 is 12.6 Å². The zero-order valence-corrected chi connectivity index (χ0v) is 17.5. The third-order valence-electron chi connectivity index (χ3n) is 5.47. The summed E-state index contributed by atoms with van der Waals surface area (Å²) < 4.78 is 30.5. The van der Waals surface area contributed by atoms with Gasteiger partial charge in [-0.3, -0.25) is 10.1 Å². The molecule has 0 amide bonds. The summed E-state index contributed by atoms with van der Waals surface area (Å²) >= 11 is 0. The van der Waals surface area contributed by atoms with Crippen LogP contribution in [0, 0.1) is 10.1 Å². The largest absolute Gasteiger partial charge is 0.478 e.